The molecule has 1 saturated heterocycles. The van der Waals surface area contributed by atoms with E-state index in [-0.39, 0.29) is 24.4 Å². The van der Waals surface area contributed by atoms with E-state index in [9.17, 15) is 9.59 Å². The normalized spacial score (nSPS) is 20.5. The number of likely N-dealkylation sites (N-methyl/N-ethyl adjacent to an activating group) is 1. The van der Waals surface area contributed by atoms with Crippen molar-refractivity contribution in [3.63, 3.8) is 0 Å². The van der Waals surface area contributed by atoms with E-state index in [0.29, 0.717) is 12.1 Å². The second-order valence-corrected chi connectivity index (χ2v) is 4.25. The smallest absolute Gasteiger partial charge is 0.248 e. The molecule has 0 bridgehead atoms. The van der Waals surface area contributed by atoms with Crippen molar-refractivity contribution >= 4 is 11.7 Å². The maximum absolute atomic E-state index is 11.3. The van der Waals surface area contributed by atoms with Crippen molar-refractivity contribution in [3.8, 4) is 0 Å². The Morgan fingerprint density at radius 3 is 2.53 bits per heavy atom. The van der Waals surface area contributed by atoms with Gasteiger partial charge in [-0.3, -0.25) is 9.59 Å². The van der Waals surface area contributed by atoms with Gasteiger partial charge in [0.15, 0.2) is 5.78 Å². The predicted octanol–water partition coefficient (Wildman–Crippen LogP) is 1.42. The molecule has 1 unspecified atom stereocenters. The van der Waals surface area contributed by atoms with Crippen LogP contribution in [0, 0.1) is 0 Å². The lowest BCUT2D eigenvalue weighted by atomic mass is 10.0. The van der Waals surface area contributed by atoms with Crippen molar-refractivity contribution in [3.05, 3.63) is 35.4 Å². The van der Waals surface area contributed by atoms with Gasteiger partial charge in [0.2, 0.25) is 5.91 Å². The van der Waals surface area contributed by atoms with Gasteiger partial charge in [-0.15, -0.1) is 0 Å². The fraction of sp³-hybridized carbons (Fsp3) is 0.385. The van der Waals surface area contributed by atoms with Crippen LogP contribution in [0.5, 0.6) is 0 Å². The van der Waals surface area contributed by atoms with Gasteiger partial charge < -0.3 is 9.64 Å². The van der Waals surface area contributed by atoms with Crippen molar-refractivity contribution < 1.29 is 14.3 Å². The van der Waals surface area contributed by atoms with Crippen molar-refractivity contribution in [2.45, 2.75) is 13.0 Å². The van der Waals surface area contributed by atoms with Crippen molar-refractivity contribution in [1.29, 1.82) is 0 Å². The molecule has 0 radical (unpaired) electrons. The van der Waals surface area contributed by atoms with Crippen LogP contribution in [-0.2, 0) is 9.53 Å². The minimum atomic E-state index is -0.0984. The van der Waals surface area contributed by atoms with Crippen molar-refractivity contribution in [1.82, 2.24) is 4.90 Å². The Morgan fingerprint density at radius 2 is 2.00 bits per heavy atom. The molecule has 1 atom stereocenters. The first-order chi connectivity index (χ1) is 8.08. The van der Waals surface area contributed by atoms with Crippen LogP contribution in [0.25, 0.3) is 0 Å². The molecule has 1 aliphatic heterocycles. The highest BCUT2D eigenvalue weighted by Crippen LogP contribution is 2.22. The van der Waals surface area contributed by atoms with Crippen LogP contribution in [0.1, 0.15) is 28.9 Å². The molecule has 1 heterocycles. The summed E-state index contributed by atoms with van der Waals surface area (Å²) < 4.78 is 5.47. The van der Waals surface area contributed by atoms with Gasteiger partial charge >= 0.3 is 0 Å². The summed E-state index contributed by atoms with van der Waals surface area (Å²) >= 11 is 0. The minimum absolute atomic E-state index is 0.00149. The van der Waals surface area contributed by atoms with Gasteiger partial charge in [-0.05, 0) is 12.5 Å². The van der Waals surface area contributed by atoms with Crippen LogP contribution in [0.3, 0.4) is 0 Å². The summed E-state index contributed by atoms with van der Waals surface area (Å²) in [5.41, 5.74) is 1.68. The maximum atomic E-state index is 11.3. The summed E-state index contributed by atoms with van der Waals surface area (Å²) in [5.74, 6) is 0.0509. The van der Waals surface area contributed by atoms with Gasteiger partial charge in [-0.1, -0.05) is 24.3 Å². The zero-order chi connectivity index (χ0) is 12.4. The van der Waals surface area contributed by atoms with Gasteiger partial charge in [-0.2, -0.15) is 0 Å². The largest absolute Gasteiger partial charge is 0.362 e. The number of amides is 1. The molecular formula is C13H15NO3. The standard InChI is InChI=1S/C13H15NO3/c1-9(15)10-3-5-11(6-4-10)12-7-14(2)13(16)8-17-12/h3-6,12H,7-8H2,1-2H3. The van der Waals surface area contributed by atoms with E-state index in [1.165, 1.54) is 0 Å². The zero-order valence-corrected chi connectivity index (χ0v) is 9.97. The molecule has 0 aromatic heterocycles. The second-order valence-electron chi connectivity index (χ2n) is 4.25. The Morgan fingerprint density at radius 1 is 1.35 bits per heavy atom. The van der Waals surface area contributed by atoms with Gasteiger partial charge in [0, 0.05) is 12.6 Å². The second kappa shape index (κ2) is 4.67. The summed E-state index contributed by atoms with van der Waals surface area (Å²) in [6.45, 7) is 2.21. The van der Waals surface area contributed by atoms with Crippen LogP contribution in [0.2, 0.25) is 0 Å². The van der Waals surface area contributed by atoms with Crippen LogP contribution >= 0.6 is 0 Å². The van der Waals surface area contributed by atoms with Gasteiger partial charge in [0.05, 0.1) is 6.54 Å². The van der Waals surface area contributed by atoms with Crippen molar-refractivity contribution in [2.75, 3.05) is 20.2 Å². The average Bonchev–Trinajstić information content (AvgIpc) is 2.33. The molecule has 0 aliphatic carbocycles. The molecule has 0 saturated carbocycles. The highest BCUT2D eigenvalue weighted by atomic mass is 16.5. The molecule has 90 valence electrons. The lowest BCUT2D eigenvalue weighted by molar-refractivity contribution is -0.147. The third-order valence-electron chi connectivity index (χ3n) is 2.96. The number of Topliss-reactive ketones (excluding diaryl/α,β-unsaturated/α-hetero) is 1. The summed E-state index contributed by atoms with van der Waals surface area (Å²) in [5, 5.41) is 0. The number of morpholine rings is 1. The molecule has 1 aromatic carbocycles. The maximum Gasteiger partial charge on any atom is 0.248 e. The van der Waals surface area contributed by atoms with E-state index in [1.807, 2.05) is 12.1 Å². The van der Waals surface area contributed by atoms with E-state index in [1.54, 1.807) is 31.0 Å². The Bertz CT molecular complexity index is 438. The Balaban J connectivity index is 2.12. The van der Waals surface area contributed by atoms with E-state index in [0.717, 1.165) is 5.56 Å². The molecule has 0 spiro atoms. The third-order valence-corrected chi connectivity index (χ3v) is 2.96. The van der Waals surface area contributed by atoms with Gasteiger partial charge in [0.1, 0.15) is 12.7 Å². The first kappa shape index (κ1) is 11.8. The SMILES string of the molecule is CC(=O)c1ccc(C2CN(C)C(=O)CO2)cc1. The van der Waals surface area contributed by atoms with Crippen LogP contribution < -0.4 is 0 Å². The Kier molecular flexibility index (Phi) is 3.24. The number of hydrogen-bond acceptors (Lipinski definition) is 3. The lowest BCUT2D eigenvalue weighted by Crippen LogP contribution is -2.40. The number of ether oxygens (including phenoxy) is 1. The first-order valence-electron chi connectivity index (χ1n) is 5.54. The summed E-state index contributed by atoms with van der Waals surface area (Å²) in [4.78, 5) is 24.1. The fourth-order valence-electron chi connectivity index (χ4n) is 1.82. The molecule has 2 rings (SSSR count). The van der Waals surface area contributed by atoms with E-state index in [4.69, 9.17) is 4.74 Å². The molecule has 1 amide bonds. The Labute approximate surface area is 100 Å². The molecule has 1 aliphatic rings. The summed E-state index contributed by atoms with van der Waals surface area (Å²) in [7, 11) is 1.77. The third kappa shape index (κ3) is 2.53. The van der Waals surface area contributed by atoms with E-state index < -0.39 is 0 Å². The number of hydrogen-bond donors (Lipinski definition) is 0. The van der Waals surface area contributed by atoms with E-state index in [2.05, 4.69) is 0 Å². The van der Waals surface area contributed by atoms with Crippen molar-refractivity contribution in [2.24, 2.45) is 0 Å². The zero-order valence-electron chi connectivity index (χ0n) is 9.97. The lowest BCUT2D eigenvalue weighted by Gasteiger charge is -2.30. The van der Waals surface area contributed by atoms with Crippen LogP contribution in [0.15, 0.2) is 24.3 Å². The highest BCUT2D eigenvalue weighted by Gasteiger charge is 2.24. The quantitative estimate of drug-likeness (QED) is 0.726. The fourth-order valence-corrected chi connectivity index (χ4v) is 1.82. The molecular weight excluding hydrogens is 218 g/mol. The van der Waals surface area contributed by atoms with Gasteiger partial charge in [-0.25, -0.2) is 0 Å². The average molecular weight is 233 g/mol. The number of ketones is 1. The summed E-state index contributed by atoms with van der Waals surface area (Å²) in [6.07, 6.45) is -0.0984. The molecule has 4 nitrogen and oxygen atoms in total. The number of carbonyl (C=O) groups excluding carboxylic acids is 2. The molecule has 4 heteroatoms. The van der Waals surface area contributed by atoms with Gasteiger partial charge in [0.25, 0.3) is 0 Å². The first-order valence-corrected chi connectivity index (χ1v) is 5.54. The van der Waals surface area contributed by atoms with Crippen LogP contribution in [-0.4, -0.2) is 36.8 Å². The number of rotatable bonds is 2. The number of benzene rings is 1. The topological polar surface area (TPSA) is 46.6 Å². The summed E-state index contributed by atoms with van der Waals surface area (Å²) in [6, 6.07) is 7.34. The molecule has 1 fully saturated rings. The molecule has 1 aromatic rings. The number of carbonyl (C=O) groups is 2. The monoisotopic (exact) mass is 233 g/mol. The Hall–Kier alpha value is -1.68. The predicted molar refractivity (Wildman–Crippen MR) is 62.8 cm³/mol. The highest BCUT2D eigenvalue weighted by molar-refractivity contribution is 5.94. The van der Waals surface area contributed by atoms with Crippen LogP contribution in [0.4, 0.5) is 0 Å². The molecule has 17 heavy (non-hydrogen) atoms. The van der Waals surface area contributed by atoms with E-state index >= 15 is 0 Å². The minimum Gasteiger partial charge on any atom is -0.362 e. The molecule has 0 N–H and O–H groups in total. The number of nitrogens with zero attached hydrogens (tertiary/aromatic N) is 1.